The molecule has 1 fully saturated rings. The van der Waals surface area contributed by atoms with Gasteiger partial charge in [-0.1, -0.05) is 6.07 Å². The summed E-state index contributed by atoms with van der Waals surface area (Å²) in [5, 5.41) is 0. The van der Waals surface area contributed by atoms with Gasteiger partial charge in [-0.25, -0.2) is 0 Å². The number of nitrogens with two attached hydrogens (primary N) is 1. The number of anilines is 1. The van der Waals surface area contributed by atoms with Gasteiger partial charge in [-0.2, -0.15) is 0 Å². The van der Waals surface area contributed by atoms with Crippen LogP contribution in [0.3, 0.4) is 0 Å². The first-order valence-corrected chi connectivity index (χ1v) is 7.31. The Bertz CT molecular complexity index is 408. The summed E-state index contributed by atoms with van der Waals surface area (Å²) in [7, 11) is 4.38. The zero-order valence-corrected chi connectivity index (χ0v) is 12.8. The first-order valence-electron chi connectivity index (χ1n) is 6.51. The summed E-state index contributed by atoms with van der Waals surface area (Å²) in [6.07, 6.45) is 2.63. The molecule has 1 aromatic carbocycles. The van der Waals surface area contributed by atoms with E-state index in [1.165, 1.54) is 25.1 Å². The monoisotopic (exact) mass is 311 g/mol. The van der Waals surface area contributed by atoms with Crippen LogP contribution in [0.1, 0.15) is 18.4 Å². The highest BCUT2D eigenvalue weighted by molar-refractivity contribution is 9.10. The number of hydrogen-bond donors (Lipinski definition) is 1. The second-order valence-corrected chi connectivity index (χ2v) is 6.00. The third-order valence-electron chi connectivity index (χ3n) is 3.82. The fourth-order valence-electron chi connectivity index (χ4n) is 2.61. The predicted molar refractivity (Wildman–Crippen MR) is 81.0 cm³/mol. The number of likely N-dealkylation sites (tertiary alicyclic amines) is 1. The minimum atomic E-state index is 0.591. The average molecular weight is 312 g/mol. The van der Waals surface area contributed by atoms with Crippen molar-refractivity contribution in [2.45, 2.75) is 25.4 Å². The summed E-state index contributed by atoms with van der Waals surface area (Å²) in [6, 6.07) is 7.05. The maximum absolute atomic E-state index is 5.65. The molecule has 1 saturated heterocycles. The van der Waals surface area contributed by atoms with E-state index in [-0.39, 0.29) is 0 Å². The molecular weight excluding hydrogens is 290 g/mol. The molecule has 4 heteroatoms. The zero-order chi connectivity index (χ0) is 13.1. The largest absolute Gasteiger partial charge is 0.372 e. The van der Waals surface area contributed by atoms with Crippen molar-refractivity contribution >= 4 is 21.6 Å². The molecule has 100 valence electrons. The van der Waals surface area contributed by atoms with Crippen LogP contribution < -0.4 is 10.6 Å². The molecule has 2 rings (SSSR count). The molecule has 0 spiro atoms. The highest BCUT2D eigenvalue weighted by atomic mass is 79.9. The minimum Gasteiger partial charge on any atom is -0.372 e. The fourth-order valence-corrected chi connectivity index (χ4v) is 3.34. The van der Waals surface area contributed by atoms with Crippen molar-refractivity contribution in [2.24, 2.45) is 5.73 Å². The molecule has 0 radical (unpaired) electrons. The van der Waals surface area contributed by atoms with Crippen LogP contribution >= 0.6 is 15.9 Å². The number of likely N-dealkylation sites (N-methyl/N-ethyl adjacent to an activating group) is 2. The zero-order valence-electron chi connectivity index (χ0n) is 11.2. The summed E-state index contributed by atoms with van der Waals surface area (Å²) >= 11 is 3.64. The third-order valence-corrected chi connectivity index (χ3v) is 4.45. The van der Waals surface area contributed by atoms with Crippen molar-refractivity contribution in [3.63, 3.8) is 0 Å². The number of nitrogens with zero attached hydrogens (tertiary/aromatic N) is 2. The first-order chi connectivity index (χ1) is 8.61. The van der Waals surface area contributed by atoms with Gasteiger partial charge in [0.1, 0.15) is 0 Å². The lowest BCUT2D eigenvalue weighted by atomic mass is 10.1. The Morgan fingerprint density at radius 3 is 2.83 bits per heavy atom. The van der Waals surface area contributed by atoms with E-state index in [9.17, 15) is 0 Å². The summed E-state index contributed by atoms with van der Waals surface area (Å²) < 4.78 is 1.13. The van der Waals surface area contributed by atoms with Gasteiger partial charge >= 0.3 is 0 Å². The average Bonchev–Trinajstić information content (AvgIpc) is 2.74. The van der Waals surface area contributed by atoms with E-state index >= 15 is 0 Å². The molecule has 0 bridgehead atoms. The summed E-state index contributed by atoms with van der Waals surface area (Å²) in [4.78, 5) is 4.79. The van der Waals surface area contributed by atoms with Crippen LogP contribution in [0.5, 0.6) is 0 Å². The molecule has 18 heavy (non-hydrogen) atoms. The van der Waals surface area contributed by atoms with Crippen molar-refractivity contribution in [3.05, 3.63) is 28.2 Å². The van der Waals surface area contributed by atoms with Gasteiger partial charge in [0, 0.05) is 30.7 Å². The van der Waals surface area contributed by atoms with Crippen molar-refractivity contribution in [2.75, 3.05) is 32.1 Å². The number of hydrogen-bond acceptors (Lipinski definition) is 3. The molecule has 3 nitrogen and oxygen atoms in total. The summed E-state index contributed by atoms with van der Waals surface area (Å²) in [5.41, 5.74) is 8.06. The second kappa shape index (κ2) is 6.04. The fraction of sp³-hybridized carbons (Fsp3) is 0.571. The Hall–Kier alpha value is -0.580. The SMILES string of the molecule is CN(CC1CCCN1C)c1ccc(CN)cc1Br. The highest BCUT2D eigenvalue weighted by Crippen LogP contribution is 2.28. The van der Waals surface area contributed by atoms with Gasteiger partial charge in [-0.05, 0) is 60.1 Å². The third kappa shape index (κ3) is 3.05. The van der Waals surface area contributed by atoms with E-state index in [4.69, 9.17) is 5.73 Å². The molecule has 1 aromatic rings. The Morgan fingerprint density at radius 2 is 2.28 bits per heavy atom. The molecule has 0 saturated carbocycles. The van der Waals surface area contributed by atoms with E-state index < -0.39 is 0 Å². The van der Waals surface area contributed by atoms with Gasteiger partial charge in [-0.15, -0.1) is 0 Å². The van der Waals surface area contributed by atoms with E-state index in [0.717, 1.165) is 16.6 Å². The number of benzene rings is 1. The van der Waals surface area contributed by atoms with Crippen molar-refractivity contribution in [1.82, 2.24) is 4.90 Å². The number of halogens is 1. The van der Waals surface area contributed by atoms with Gasteiger partial charge in [0.25, 0.3) is 0 Å². The maximum atomic E-state index is 5.65. The lowest BCUT2D eigenvalue weighted by molar-refractivity contribution is 0.314. The molecule has 1 unspecified atom stereocenters. The maximum Gasteiger partial charge on any atom is 0.0508 e. The molecule has 0 aromatic heterocycles. The van der Waals surface area contributed by atoms with Crippen LogP contribution in [0.2, 0.25) is 0 Å². The number of rotatable bonds is 4. The van der Waals surface area contributed by atoms with Gasteiger partial charge in [0.15, 0.2) is 0 Å². The molecule has 2 N–H and O–H groups in total. The van der Waals surface area contributed by atoms with Crippen LogP contribution in [-0.2, 0) is 6.54 Å². The summed E-state index contributed by atoms with van der Waals surface area (Å²) in [6.45, 7) is 2.90. The Labute approximate surface area is 118 Å². The van der Waals surface area contributed by atoms with Crippen molar-refractivity contribution in [1.29, 1.82) is 0 Å². The van der Waals surface area contributed by atoms with Gasteiger partial charge in [0.05, 0.1) is 5.69 Å². The van der Waals surface area contributed by atoms with Crippen LogP contribution in [-0.4, -0.2) is 38.1 Å². The Kier molecular flexibility index (Phi) is 4.65. The van der Waals surface area contributed by atoms with E-state index in [0.29, 0.717) is 12.6 Å². The van der Waals surface area contributed by atoms with Crippen LogP contribution in [0, 0.1) is 0 Å². The Morgan fingerprint density at radius 1 is 1.50 bits per heavy atom. The van der Waals surface area contributed by atoms with Crippen LogP contribution in [0.15, 0.2) is 22.7 Å². The van der Waals surface area contributed by atoms with E-state index in [1.807, 2.05) is 0 Å². The van der Waals surface area contributed by atoms with Crippen molar-refractivity contribution < 1.29 is 0 Å². The van der Waals surface area contributed by atoms with Crippen LogP contribution in [0.25, 0.3) is 0 Å². The minimum absolute atomic E-state index is 0.591. The molecule has 0 amide bonds. The Balaban J connectivity index is 2.06. The molecular formula is C14H22BrN3. The topological polar surface area (TPSA) is 32.5 Å². The normalized spacial score (nSPS) is 20.3. The lowest BCUT2D eigenvalue weighted by Gasteiger charge is -2.28. The summed E-state index contributed by atoms with van der Waals surface area (Å²) in [5.74, 6) is 0. The molecule has 1 aliphatic heterocycles. The molecule has 1 aliphatic rings. The quantitative estimate of drug-likeness (QED) is 0.927. The van der Waals surface area contributed by atoms with Gasteiger partial charge in [0.2, 0.25) is 0 Å². The van der Waals surface area contributed by atoms with Crippen molar-refractivity contribution in [3.8, 4) is 0 Å². The van der Waals surface area contributed by atoms with Gasteiger partial charge in [-0.3, -0.25) is 0 Å². The van der Waals surface area contributed by atoms with Crippen LogP contribution in [0.4, 0.5) is 5.69 Å². The smallest absolute Gasteiger partial charge is 0.0508 e. The van der Waals surface area contributed by atoms with E-state index in [1.54, 1.807) is 0 Å². The lowest BCUT2D eigenvalue weighted by Crippen LogP contribution is -2.36. The molecule has 1 atom stereocenters. The van der Waals surface area contributed by atoms with E-state index in [2.05, 4.69) is 58.0 Å². The highest BCUT2D eigenvalue weighted by Gasteiger charge is 2.22. The predicted octanol–water partition coefficient (Wildman–Crippen LogP) is 2.44. The second-order valence-electron chi connectivity index (χ2n) is 5.15. The van der Waals surface area contributed by atoms with Gasteiger partial charge < -0.3 is 15.5 Å². The molecule has 0 aliphatic carbocycles. The first kappa shape index (κ1) is 13.8. The standard InChI is InChI=1S/C14H22BrN3/c1-17-7-3-4-12(17)10-18(2)14-6-5-11(9-16)8-13(14)15/h5-6,8,12H,3-4,7,9-10,16H2,1-2H3. The molecule has 1 heterocycles.